The fraction of sp³-hybridized carbons (Fsp3) is 0.235. The smallest absolute Gasteiger partial charge is 0.257 e. The number of hydrogen-bond acceptors (Lipinski definition) is 8. The van der Waals surface area contributed by atoms with Crippen molar-refractivity contribution in [2.75, 3.05) is 20.8 Å². The Morgan fingerprint density at radius 3 is 2.44 bits per heavy atom. The van der Waals surface area contributed by atoms with Gasteiger partial charge in [-0.05, 0) is 61.7 Å². The molecule has 9 nitrogen and oxygen atoms in total. The molecule has 5 aromatic rings. The van der Waals surface area contributed by atoms with Crippen molar-refractivity contribution < 1.29 is 32.5 Å². The van der Waals surface area contributed by atoms with Gasteiger partial charge in [-0.3, -0.25) is 14.6 Å². The Morgan fingerprint density at radius 1 is 0.956 bits per heavy atom. The first-order chi connectivity index (χ1) is 21.6. The highest BCUT2D eigenvalue weighted by molar-refractivity contribution is 5.99. The van der Waals surface area contributed by atoms with Gasteiger partial charge in [0.05, 0.1) is 37.6 Å². The third-order valence-corrected chi connectivity index (χ3v) is 7.26. The van der Waals surface area contributed by atoms with Crippen molar-refractivity contribution in [3.05, 3.63) is 105 Å². The van der Waals surface area contributed by atoms with E-state index < -0.39 is 22.8 Å². The minimum atomic E-state index is -0.722. The number of rotatable bonds is 11. The molecular weight excluding hydrogens is 584 g/mol. The molecule has 0 fully saturated rings. The molecule has 0 amide bonds. The van der Waals surface area contributed by atoms with Gasteiger partial charge in [0.15, 0.2) is 28.8 Å². The second-order valence-corrected chi connectivity index (χ2v) is 10.2. The molecule has 3 aromatic heterocycles. The van der Waals surface area contributed by atoms with E-state index in [0.29, 0.717) is 51.5 Å². The van der Waals surface area contributed by atoms with Crippen LogP contribution in [0.15, 0.2) is 59.5 Å². The Bertz CT molecular complexity index is 1980. The standard InChI is InChI=1S/C34H31F2N3O6/c1-6-44-17-25-31(33(41)30(19(3)38-25)22-9-8-21(35)13-18(22)2)26(40)15-20-7-10-27(23(36)14-20)45-28-11-12-37-24-16-29(42-4)34(43-5)39-32(24)28/h7-14,16H,6,15,17H2,1-5H3,(H,38,41). The van der Waals surface area contributed by atoms with E-state index in [4.69, 9.17) is 18.9 Å². The molecule has 11 heteroatoms. The van der Waals surface area contributed by atoms with Crippen molar-refractivity contribution in [1.29, 1.82) is 0 Å². The first-order valence-electron chi connectivity index (χ1n) is 14.1. The summed E-state index contributed by atoms with van der Waals surface area (Å²) in [5.74, 6) is -0.950. The number of hydrogen-bond donors (Lipinski definition) is 1. The van der Waals surface area contributed by atoms with Gasteiger partial charge in [0.1, 0.15) is 11.3 Å². The summed E-state index contributed by atoms with van der Waals surface area (Å²) in [5.41, 5.74) is 2.67. The maximum atomic E-state index is 15.4. The van der Waals surface area contributed by atoms with Crippen molar-refractivity contribution in [3.63, 3.8) is 0 Å². The molecule has 5 rings (SSSR count). The molecule has 0 aliphatic carbocycles. The second-order valence-electron chi connectivity index (χ2n) is 10.2. The summed E-state index contributed by atoms with van der Waals surface area (Å²) in [5, 5.41) is 0. The summed E-state index contributed by atoms with van der Waals surface area (Å²) in [6, 6.07) is 11.4. The van der Waals surface area contributed by atoms with Crippen LogP contribution < -0.4 is 19.6 Å². The van der Waals surface area contributed by atoms with Gasteiger partial charge in [-0.15, -0.1) is 0 Å². The van der Waals surface area contributed by atoms with Gasteiger partial charge in [-0.25, -0.2) is 13.8 Å². The number of aromatic nitrogens is 3. The Hall–Kier alpha value is -5.16. The summed E-state index contributed by atoms with van der Waals surface area (Å²) < 4.78 is 51.1. The second kappa shape index (κ2) is 13.2. The number of carbonyl (C=O) groups is 1. The highest BCUT2D eigenvalue weighted by atomic mass is 19.1. The van der Waals surface area contributed by atoms with Crippen LogP contribution in [0.25, 0.3) is 22.2 Å². The molecule has 0 saturated heterocycles. The zero-order valence-electron chi connectivity index (χ0n) is 25.4. The van der Waals surface area contributed by atoms with E-state index in [1.54, 1.807) is 39.0 Å². The summed E-state index contributed by atoms with van der Waals surface area (Å²) in [6.07, 6.45) is 1.23. The van der Waals surface area contributed by atoms with Gasteiger partial charge >= 0.3 is 0 Å². The fourth-order valence-corrected chi connectivity index (χ4v) is 5.14. The molecule has 0 atom stereocenters. The van der Waals surface area contributed by atoms with Crippen LogP contribution in [-0.2, 0) is 17.8 Å². The minimum Gasteiger partial charge on any atom is -0.491 e. The number of Topliss-reactive ketones (excluding diaryl/α,β-unsaturated/α-hetero) is 1. The Balaban J connectivity index is 1.47. The number of H-pyrrole nitrogens is 1. The Morgan fingerprint density at radius 2 is 1.76 bits per heavy atom. The number of aromatic amines is 1. The molecule has 0 aliphatic rings. The van der Waals surface area contributed by atoms with Crippen LogP contribution in [0.4, 0.5) is 8.78 Å². The largest absolute Gasteiger partial charge is 0.491 e. The molecule has 1 N–H and O–H groups in total. The molecule has 0 unspecified atom stereocenters. The Kier molecular flexibility index (Phi) is 9.19. The van der Waals surface area contributed by atoms with Crippen molar-refractivity contribution in [3.8, 4) is 34.3 Å². The lowest BCUT2D eigenvalue weighted by Gasteiger charge is -2.16. The Labute approximate surface area is 257 Å². The fourth-order valence-electron chi connectivity index (χ4n) is 5.14. The number of benzene rings is 2. The minimum absolute atomic E-state index is 0.00204. The van der Waals surface area contributed by atoms with Crippen LogP contribution in [0.2, 0.25) is 0 Å². The van der Waals surface area contributed by atoms with E-state index in [2.05, 4.69) is 15.0 Å². The van der Waals surface area contributed by atoms with Crippen molar-refractivity contribution >= 4 is 16.8 Å². The van der Waals surface area contributed by atoms with Gasteiger partial charge in [0.25, 0.3) is 5.88 Å². The van der Waals surface area contributed by atoms with Crippen LogP contribution >= 0.6 is 0 Å². The van der Waals surface area contributed by atoms with Crippen LogP contribution in [0, 0.1) is 25.5 Å². The third-order valence-electron chi connectivity index (χ3n) is 7.26. The molecule has 0 bridgehead atoms. The number of aryl methyl sites for hydroxylation is 2. The average molecular weight is 616 g/mol. The average Bonchev–Trinajstić information content (AvgIpc) is 3.01. The quantitative estimate of drug-likeness (QED) is 0.164. The third kappa shape index (κ3) is 6.39. The van der Waals surface area contributed by atoms with Crippen LogP contribution in [-0.4, -0.2) is 41.6 Å². The maximum absolute atomic E-state index is 15.4. The number of halogens is 2. The molecule has 3 heterocycles. The normalized spacial score (nSPS) is 11.1. The number of pyridine rings is 3. The number of ether oxygens (including phenoxy) is 4. The predicted octanol–water partition coefficient (Wildman–Crippen LogP) is 6.65. The molecule has 0 radical (unpaired) electrons. The number of ketones is 1. The first-order valence-corrected chi connectivity index (χ1v) is 14.1. The van der Waals surface area contributed by atoms with E-state index in [1.807, 2.05) is 0 Å². The van der Waals surface area contributed by atoms with Gasteiger partial charge in [-0.1, -0.05) is 12.1 Å². The van der Waals surface area contributed by atoms with E-state index in [0.717, 1.165) is 0 Å². The van der Waals surface area contributed by atoms with E-state index in [9.17, 15) is 14.0 Å². The highest BCUT2D eigenvalue weighted by Gasteiger charge is 2.24. The van der Waals surface area contributed by atoms with Gasteiger partial charge in [-0.2, -0.15) is 0 Å². The summed E-state index contributed by atoms with van der Waals surface area (Å²) in [4.78, 5) is 39.3. The van der Waals surface area contributed by atoms with Crippen LogP contribution in [0.1, 0.15) is 39.8 Å². The topological polar surface area (TPSA) is 113 Å². The number of fused-ring (bicyclic) bond motifs is 1. The number of nitrogens with zero attached hydrogens (tertiary/aromatic N) is 2. The van der Waals surface area contributed by atoms with Crippen LogP contribution in [0.5, 0.6) is 23.1 Å². The van der Waals surface area contributed by atoms with Crippen molar-refractivity contribution in [2.24, 2.45) is 0 Å². The molecule has 0 aliphatic heterocycles. The van der Waals surface area contributed by atoms with Crippen molar-refractivity contribution in [2.45, 2.75) is 33.8 Å². The lowest BCUT2D eigenvalue weighted by Crippen LogP contribution is -2.24. The van der Waals surface area contributed by atoms with E-state index in [-0.39, 0.29) is 41.5 Å². The molecule has 45 heavy (non-hydrogen) atoms. The molecule has 2 aromatic carbocycles. The van der Waals surface area contributed by atoms with Gasteiger partial charge in [0.2, 0.25) is 5.43 Å². The lowest BCUT2D eigenvalue weighted by atomic mass is 9.93. The van der Waals surface area contributed by atoms with Gasteiger partial charge < -0.3 is 23.9 Å². The predicted molar refractivity (Wildman–Crippen MR) is 164 cm³/mol. The van der Waals surface area contributed by atoms with Gasteiger partial charge in [0, 0.05) is 42.6 Å². The van der Waals surface area contributed by atoms with E-state index >= 15 is 4.39 Å². The van der Waals surface area contributed by atoms with E-state index in [1.165, 1.54) is 50.7 Å². The lowest BCUT2D eigenvalue weighted by molar-refractivity contribution is 0.0978. The van der Waals surface area contributed by atoms with Crippen molar-refractivity contribution in [1.82, 2.24) is 15.0 Å². The summed E-state index contributed by atoms with van der Waals surface area (Å²) in [7, 11) is 2.93. The molecule has 0 saturated carbocycles. The number of methoxy groups -OCH3 is 2. The maximum Gasteiger partial charge on any atom is 0.257 e. The first kappa shape index (κ1) is 31.3. The van der Waals surface area contributed by atoms with Crippen LogP contribution in [0.3, 0.4) is 0 Å². The summed E-state index contributed by atoms with van der Waals surface area (Å²) >= 11 is 0. The summed E-state index contributed by atoms with van der Waals surface area (Å²) in [6.45, 7) is 5.57. The number of carbonyl (C=O) groups excluding carboxylic acids is 1. The zero-order chi connectivity index (χ0) is 32.2. The number of nitrogens with one attached hydrogen (secondary N) is 1. The molecule has 232 valence electrons. The molecule has 0 spiro atoms. The zero-order valence-corrected chi connectivity index (χ0v) is 25.4. The highest BCUT2D eigenvalue weighted by Crippen LogP contribution is 2.35. The SMILES string of the molecule is CCOCc1[nH]c(C)c(-c2ccc(F)cc2C)c(=O)c1C(=O)Cc1ccc(Oc2ccnc3cc(OC)c(OC)nc23)c(F)c1. The molecular formula is C34H31F2N3O6. The monoisotopic (exact) mass is 615 g/mol.